The number of halogens is 2. The van der Waals surface area contributed by atoms with Gasteiger partial charge in [-0.15, -0.1) is 12.4 Å². The van der Waals surface area contributed by atoms with Gasteiger partial charge in [-0.25, -0.2) is 4.39 Å². The van der Waals surface area contributed by atoms with Gasteiger partial charge in [-0.05, 0) is 19.1 Å². The van der Waals surface area contributed by atoms with Crippen LogP contribution in [0.1, 0.15) is 6.92 Å². The Morgan fingerprint density at radius 3 is 2.95 bits per heavy atom. The normalized spacial score (nSPS) is 18.6. The lowest BCUT2D eigenvalue weighted by Crippen LogP contribution is -2.53. The van der Waals surface area contributed by atoms with Crippen LogP contribution in [0.15, 0.2) is 24.3 Å². The van der Waals surface area contributed by atoms with Crippen LogP contribution in [-0.2, 0) is 4.79 Å². The van der Waals surface area contributed by atoms with Gasteiger partial charge in [0.2, 0.25) is 0 Å². The summed E-state index contributed by atoms with van der Waals surface area (Å²) >= 11 is 0. The first-order valence-electron chi connectivity index (χ1n) is 6.06. The molecule has 1 amide bonds. The van der Waals surface area contributed by atoms with Crippen LogP contribution >= 0.6 is 12.4 Å². The van der Waals surface area contributed by atoms with Crippen LogP contribution in [0.5, 0.6) is 5.75 Å². The summed E-state index contributed by atoms with van der Waals surface area (Å²) in [5.41, 5.74) is 0. The van der Waals surface area contributed by atoms with Crippen molar-refractivity contribution in [2.75, 3.05) is 26.2 Å². The quantitative estimate of drug-likeness (QED) is 0.915. The maximum Gasteiger partial charge on any atom is 0.260 e. The number of piperazine rings is 1. The molecule has 1 fully saturated rings. The third kappa shape index (κ3) is 4.08. The first-order valence-corrected chi connectivity index (χ1v) is 6.06. The molecule has 0 spiro atoms. The van der Waals surface area contributed by atoms with Crippen LogP contribution < -0.4 is 10.1 Å². The molecule has 1 atom stereocenters. The highest BCUT2D eigenvalue weighted by Crippen LogP contribution is 2.15. The molecule has 1 saturated heterocycles. The summed E-state index contributed by atoms with van der Waals surface area (Å²) in [7, 11) is 0. The number of ether oxygens (including phenoxy) is 1. The smallest absolute Gasteiger partial charge is 0.260 e. The molecule has 0 aliphatic carbocycles. The van der Waals surface area contributed by atoms with Gasteiger partial charge >= 0.3 is 0 Å². The summed E-state index contributed by atoms with van der Waals surface area (Å²) in [6.07, 6.45) is 0. The highest BCUT2D eigenvalue weighted by Gasteiger charge is 2.23. The number of carbonyl (C=O) groups is 1. The van der Waals surface area contributed by atoms with Crippen LogP contribution in [0.3, 0.4) is 0 Å². The zero-order valence-corrected chi connectivity index (χ0v) is 11.6. The number of amides is 1. The number of carbonyl (C=O) groups excluding carboxylic acids is 1. The predicted octanol–water partition coefficient (Wildman–Crippen LogP) is 1.45. The molecular weight excluding hydrogens is 271 g/mol. The van der Waals surface area contributed by atoms with Gasteiger partial charge in [-0.3, -0.25) is 4.79 Å². The van der Waals surface area contributed by atoms with Crippen LogP contribution in [0, 0.1) is 5.82 Å². The molecule has 1 aliphatic heterocycles. The largest absolute Gasteiger partial charge is 0.481 e. The second-order valence-corrected chi connectivity index (χ2v) is 4.36. The van der Waals surface area contributed by atoms with Gasteiger partial charge in [0.25, 0.3) is 5.91 Å². The van der Waals surface area contributed by atoms with E-state index in [0.717, 1.165) is 13.1 Å². The Labute approximate surface area is 118 Å². The van der Waals surface area contributed by atoms with Crippen molar-refractivity contribution >= 4 is 18.3 Å². The highest BCUT2D eigenvalue weighted by molar-refractivity contribution is 5.85. The van der Waals surface area contributed by atoms with Crippen molar-refractivity contribution < 1.29 is 13.9 Å². The second kappa shape index (κ2) is 7.31. The Hall–Kier alpha value is -1.33. The summed E-state index contributed by atoms with van der Waals surface area (Å²) < 4.78 is 18.5. The third-order valence-corrected chi connectivity index (χ3v) is 3.01. The standard InChI is InChI=1S/C13H17FN2O2.ClH/c1-10-8-15-6-7-16(10)13(17)9-18-12-5-3-2-4-11(12)14;/h2-5,10,15H,6-9H2,1H3;1H/t10-;/m1./s1. The van der Waals surface area contributed by atoms with Crippen LogP contribution in [0.25, 0.3) is 0 Å². The molecule has 4 nitrogen and oxygen atoms in total. The highest BCUT2D eigenvalue weighted by atomic mass is 35.5. The molecular formula is C13H18ClFN2O2. The molecule has 6 heteroatoms. The lowest BCUT2D eigenvalue weighted by molar-refractivity contribution is -0.136. The lowest BCUT2D eigenvalue weighted by Gasteiger charge is -2.33. The van der Waals surface area contributed by atoms with E-state index in [2.05, 4.69) is 5.32 Å². The Balaban J connectivity index is 0.00000180. The molecule has 0 aromatic heterocycles. The molecule has 2 rings (SSSR count). The van der Waals surface area contributed by atoms with E-state index in [-0.39, 0.29) is 36.7 Å². The summed E-state index contributed by atoms with van der Waals surface area (Å²) in [6.45, 7) is 4.10. The minimum Gasteiger partial charge on any atom is -0.481 e. The Bertz CT molecular complexity index is 431. The van der Waals surface area contributed by atoms with E-state index in [4.69, 9.17) is 4.74 Å². The Kier molecular flexibility index (Phi) is 6.05. The van der Waals surface area contributed by atoms with E-state index in [0.29, 0.717) is 6.54 Å². The van der Waals surface area contributed by atoms with Crippen molar-refractivity contribution in [2.45, 2.75) is 13.0 Å². The van der Waals surface area contributed by atoms with Gasteiger partial charge in [0.05, 0.1) is 0 Å². The van der Waals surface area contributed by atoms with Crippen LogP contribution in [0.4, 0.5) is 4.39 Å². The van der Waals surface area contributed by atoms with Crippen LogP contribution in [0.2, 0.25) is 0 Å². The zero-order valence-electron chi connectivity index (χ0n) is 10.8. The van der Waals surface area contributed by atoms with Crippen LogP contribution in [-0.4, -0.2) is 43.1 Å². The van der Waals surface area contributed by atoms with Crippen molar-refractivity contribution in [1.82, 2.24) is 10.2 Å². The van der Waals surface area contributed by atoms with Gasteiger partial charge in [-0.2, -0.15) is 0 Å². The SMILES string of the molecule is C[C@@H]1CNCCN1C(=O)COc1ccccc1F.Cl. The van der Waals surface area contributed by atoms with E-state index in [1.807, 2.05) is 6.92 Å². The average Bonchev–Trinajstić information content (AvgIpc) is 2.38. The number of nitrogens with one attached hydrogen (secondary N) is 1. The lowest BCUT2D eigenvalue weighted by atomic mass is 10.2. The van der Waals surface area contributed by atoms with Crippen molar-refractivity contribution in [2.24, 2.45) is 0 Å². The minimum absolute atomic E-state index is 0. The molecule has 106 valence electrons. The molecule has 1 N–H and O–H groups in total. The van der Waals surface area contributed by atoms with E-state index in [1.54, 1.807) is 17.0 Å². The third-order valence-electron chi connectivity index (χ3n) is 3.01. The second-order valence-electron chi connectivity index (χ2n) is 4.36. The fraction of sp³-hybridized carbons (Fsp3) is 0.462. The molecule has 0 bridgehead atoms. The summed E-state index contributed by atoms with van der Waals surface area (Å²) in [5.74, 6) is -0.431. The average molecular weight is 289 g/mol. The number of hydrogen-bond donors (Lipinski definition) is 1. The number of nitrogens with zero attached hydrogens (tertiary/aromatic N) is 1. The summed E-state index contributed by atoms with van der Waals surface area (Å²) in [6, 6.07) is 6.24. The monoisotopic (exact) mass is 288 g/mol. The van der Waals surface area contributed by atoms with E-state index in [9.17, 15) is 9.18 Å². The fourth-order valence-electron chi connectivity index (χ4n) is 2.00. The molecule has 1 aliphatic rings. The Morgan fingerprint density at radius 2 is 2.26 bits per heavy atom. The van der Waals surface area contributed by atoms with Gasteiger partial charge in [0.15, 0.2) is 18.2 Å². The van der Waals surface area contributed by atoms with Crippen molar-refractivity contribution in [3.05, 3.63) is 30.1 Å². The van der Waals surface area contributed by atoms with Gasteiger partial charge in [0.1, 0.15) is 0 Å². The van der Waals surface area contributed by atoms with E-state index in [1.165, 1.54) is 12.1 Å². The topological polar surface area (TPSA) is 41.6 Å². The fourth-order valence-corrected chi connectivity index (χ4v) is 2.00. The van der Waals surface area contributed by atoms with E-state index >= 15 is 0 Å². The zero-order chi connectivity index (χ0) is 13.0. The Morgan fingerprint density at radius 1 is 1.53 bits per heavy atom. The summed E-state index contributed by atoms with van der Waals surface area (Å²) in [4.78, 5) is 13.7. The molecule has 0 radical (unpaired) electrons. The number of hydrogen-bond acceptors (Lipinski definition) is 3. The van der Waals surface area contributed by atoms with Crippen molar-refractivity contribution in [3.8, 4) is 5.75 Å². The molecule has 0 saturated carbocycles. The molecule has 1 aromatic rings. The first kappa shape index (κ1) is 15.7. The van der Waals surface area contributed by atoms with Gasteiger partial charge in [0, 0.05) is 25.7 Å². The maximum atomic E-state index is 13.3. The number of benzene rings is 1. The molecule has 1 aromatic carbocycles. The minimum atomic E-state index is -0.446. The summed E-state index contributed by atoms with van der Waals surface area (Å²) in [5, 5.41) is 3.21. The van der Waals surface area contributed by atoms with E-state index < -0.39 is 5.82 Å². The molecule has 19 heavy (non-hydrogen) atoms. The predicted molar refractivity (Wildman–Crippen MR) is 73.2 cm³/mol. The molecule has 0 unspecified atom stereocenters. The maximum absolute atomic E-state index is 13.3. The van der Waals surface area contributed by atoms with Crippen molar-refractivity contribution in [1.29, 1.82) is 0 Å². The van der Waals surface area contributed by atoms with Gasteiger partial charge in [-0.1, -0.05) is 12.1 Å². The number of rotatable bonds is 3. The van der Waals surface area contributed by atoms with Gasteiger partial charge < -0.3 is 15.0 Å². The van der Waals surface area contributed by atoms with Crippen molar-refractivity contribution in [3.63, 3.8) is 0 Å². The first-order chi connectivity index (χ1) is 8.68. The molecule has 1 heterocycles. The number of para-hydroxylation sites is 1.